The topological polar surface area (TPSA) is 87.2 Å². The molecule has 118 valence electrons. The number of nitrogens with zero attached hydrogens (tertiary/aromatic N) is 1. The molecule has 0 spiro atoms. The molecular weight excluding hydrogens is 306 g/mol. The lowest BCUT2D eigenvalue weighted by molar-refractivity contribution is 0.0588. The van der Waals surface area contributed by atoms with Crippen LogP contribution in [0.2, 0.25) is 5.02 Å². The second-order valence-electron chi connectivity index (χ2n) is 4.79. The van der Waals surface area contributed by atoms with Gasteiger partial charge in [-0.05, 0) is 12.5 Å². The van der Waals surface area contributed by atoms with Crippen LogP contribution in [0.5, 0.6) is 0 Å². The van der Waals surface area contributed by atoms with Gasteiger partial charge in [0.05, 0.1) is 30.2 Å². The summed E-state index contributed by atoms with van der Waals surface area (Å²) in [7, 11) is 1.52. The van der Waals surface area contributed by atoms with Crippen molar-refractivity contribution in [2.45, 2.75) is 12.5 Å². The molecule has 1 amide bonds. The van der Waals surface area contributed by atoms with Crippen molar-refractivity contribution in [2.24, 2.45) is 0 Å². The average Bonchev–Trinajstić information content (AvgIpc) is 2.97. The summed E-state index contributed by atoms with van der Waals surface area (Å²) < 4.78 is 4.83. The number of halogens is 1. The zero-order valence-electron chi connectivity index (χ0n) is 12.2. The van der Waals surface area contributed by atoms with Crippen LogP contribution < -0.4 is 5.32 Å². The highest BCUT2D eigenvalue weighted by atomic mass is 35.5. The van der Waals surface area contributed by atoms with Crippen LogP contribution in [-0.2, 0) is 4.74 Å². The van der Waals surface area contributed by atoms with Crippen molar-refractivity contribution in [1.29, 1.82) is 0 Å². The van der Waals surface area contributed by atoms with Crippen molar-refractivity contribution in [3.05, 3.63) is 41.0 Å². The van der Waals surface area contributed by atoms with E-state index in [-0.39, 0.29) is 12.5 Å². The fourth-order valence-electron chi connectivity index (χ4n) is 2.05. The lowest BCUT2D eigenvalue weighted by Crippen LogP contribution is -2.28. The number of H-pyrrole nitrogens is 1. The first-order valence-corrected chi connectivity index (χ1v) is 7.24. The number of carbonyl (C=O) groups excluding carboxylic acids is 1. The highest BCUT2D eigenvalue weighted by molar-refractivity contribution is 6.33. The number of aromatic amines is 1. The molecule has 0 saturated carbocycles. The van der Waals surface area contributed by atoms with Gasteiger partial charge in [0, 0.05) is 24.2 Å². The van der Waals surface area contributed by atoms with Crippen LogP contribution in [0.15, 0.2) is 30.5 Å². The molecule has 3 N–H and O–H groups in total. The number of benzene rings is 1. The SMILES string of the molecule is COCC(O)CCNC(=O)c1cn[nH]c1-c1ccccc1Cl. The molecule has 0 radical (unpaired) electrons. The molecular formula is C15H18ClN3O3. The number of hydrogen-bond acceptors (Lipinski definition) is 4. The van der Waals surface area contributed by atoms with Crippen LogP contribution in [0.3, 0.4) is 0 Å². The number of ether oxygens (including phenoxy) is 1. The maximum Gasteiger partial charge on any atom is 0.255 e. The number of aromatic nitrogens is 2. The van der Waals surface area contributed by atoms with E-state index in [1.807, 2.05) is 18.2 Å². The van der Waals surface area contributed by atoms with Gasteiger partial charge in [-0.2, -0.15) is 5.10 Å². The van der Waals surface area contributed by atoms with Gasteiger partial charge in [0.15, 0.2) is 0 Å². The number of aliphatic hydroxyl groups excluding tert-OH is 1. The Bertz CT molecular complexity index is 630. The molecule has 1 aromatic heterocycles. The number of nitrogens with one attached hydrogen (secondary N) is 2. The Hall–Kier alpha value is -1.89. The maximum absolute atomic E-state index is 12.2. The summed E-state index contributed by atoms with van der Waals surface area (Å²) in [6.07, 6.45) is 1.27. The smallest absolute Gasteiger partial charge is 0.255 e. The van der Waals surface area contributed by atoms with Gasteiger partial charge in [-0.15, -0.1) is 0 Å². The second kappa shape index (κ2) is 7.93. The molecule has 22 heavy (non-hydrogen) atoms. The molecule has 1 unspecified atom stereocenters. The highest BCUT2D eigenvalue weighted by Gasteiger charge is 2.17. The van der Waals surface area contributed by atoms with Gasteiger partial charge in [-0.1, -0.05) is 29.8 Å². The first-order valence-electron chi connectivity index (χ1n) is 6.87. The number of carbonyl (C=O) groups is 1. The summed E-state index contributed by atoms with van der Waals surface area (Å²) >= 11 is 6.15. The molecule has 2 rings (SSSR count). The van der Waals surface area contributed by atoms with E-state index in [4.69, 9.17) is 16.3 Å². The van der Waals surface area contributed by atoms with E-state index in [1.54, 1.807) is 6.07 Å². The summed E-state index contributed by atoms with van der Waals surface area (Å²) in [6, 6.07) is 7.22. The van der Waals surface area contributed by atoms with E-state index >= 15 is 0 Å². The standard InChI is InChI=1S/C15H18ClN3O3/c1-22-9-10(20)6-7-17-15(21)12-8-18-19-14(12)11-4-2-3-5-13(11)16/h2-5,8,10,20H,6-7,9H2,1H3,(H,17,21)(H,18,19). The Morgan fingerprint density at radius 3 is 3.00 bits per heavy atom. The van der Waals surface area contributed by atoms with Crippen LogP contribution in [0.25, 0.3) is 11.3 Å². The minimum absolute atomic E-state index is 0.243. The molecule has 1 aromatic carbocycles. The minimum Gasteiger partial charge on any atom is -0.391 e. The molecule has 0 bridgehead atoms. The summed E-state index contributed by atoms with van der Waals surface area (Å²) in [5.41, 5.74) is 1.70. The first-order chi connectivity index (χ1) is 10.6. The molecule has 0 saturated heterocycles. The number of rotatable bonds is 7. The number of amides is 1. The minimum atomic E-state index is -0.599. The monoisotopic (exact) mass is 323 g/mol. The molecule has 6 nitrogen and oxygen atoms in total. The van der Waals surface area contributed by atoms with E-state index in [9.17, 15) is 9.90 Å². The van der Waals surface area contributed by atoms with E-state index in [2.05, 4.69) is 15.5 Å². The van der Waals surface area contributed by atoms with Crippen molar-refractivity contribution in [3.8, 4) is 11.3 Å². The van der Waals surface area contributed by atoms with Crippen LogP contribution in [0.1, 0.15) is 16.8 Å². The Balaban J connectivity index is 2.03. The summed E-state index contributed by atoms with van der Waals surface area (Å²) in [6.45, 7) is 0.586. The number of hydrogen-bond donors (Lipinski definition) is 3. The van der Waals surface area contributed by atoms with Crippen molar-refractivity contribution < 1.29 is 14.6 Å². The third kappa shape index (κ3) is 4.07. The molecule has 2 aromatic rings. The second-order valence-corrected chi connectivity index (χ2v) is 5.20. The van der Waals surface area contributed by atoms with Gasteiger partial charge in [0.1, 0.15) is 0 Å². The average molecular weight is 324 g/mol. The summed E-state index contributed by atoms with van der Waals surface area (Å²) in [5.74, 6) is -0.270. The zero-order valence-corrected chi connectivity index (χ0v) is 12.9. The van der Waals surface area contributed by atoms with Gasteiger partial charge in [-0.25, -0.2) is 0 Å². The quantitative estimate of drug-likeness (QED) is 0.725. The van der Waals surface area contributed by atoms with Gasteiger partial charge in [-0.3, -0.25) is 9.89 Å². The van der Waals surface area contributed by atoms with Crippen LogP contribution >= 0.6 is 11.6 Å². The van der Waals surface area contributed by atoms with Gasteiger partial charge >= 0.3 is 0 Å². The Labute approximate surface area is 133 Å². The fraction of sp³-hybridized carbons (Fsp3) is 0.333. The van der Waals surface area contributed by atoms with Crippen molar-refractivity contribution in [3.63, 3.8) is 0 Å². The summed E-state index contributed by atoms with van der Waals surface area (Å²) in [4.78, 5) is 12.2. The highest BCUT2D eigenvalue weighted by Crippen LogP contribution is 2.28. The normalized spacial score (nSPS) is 12.1. The first kappa shape index (κ1) is 16.5. The third-order valence-electron chi connectivity index (χ3n) is 3.15. The summed E-state index contributed by atoms with van der Waals surface area (Å²) in [5, 5.41) is 19.6. The van der Waals surface area contributed by atoms with Gasteiger partial charge in [0.25, 0.3) is 5.91 Å². The molecule has 1 heterocycles. The number of methoxy groups -OCH3 is 1. The largest absolute Gasteiger partial charge is 0.391 e. The molecule has 0 aliphatic heterocycles. The van der Waals surface area contributed by atoms with Crippen LogP contribution in [-0.4, -0.2) is 47.6 Å². The van der Waals surface area contributed by atoms with Gasteiger partial charge in [0.2, 0.25) is 0 Å². The van der Waals surface area contributed by atoms with E-state index < -0.39 is 6.10 Å². The van der Waals surface area contributed by atoms with E-state index in [0.29, 0.717) is 34.8 Å². The van der Waals surface area contributed by atoms with Crippen LogP contribution in [0, 0.1) is 0 Å². The predicted molar refractivity (Wildman–Crippen MR) is 83.9 cm³/mol. The molecule has 1 atom stereocenters. The third-order valence-corrected chi connectivity index (χ3v) is 3.48. The maximum atomic E-state index is 12.2. The van der Waals surface area contributed by atoms with Gasteiger partial charge < -0.3 is 15.2 Å². The molecule has 0 aliphatic rings. The molecule has 0 aliphatic carbocycles. The number of aliphatic hydroxyl groups is 1. The van der Waals surface area contributed by atoms with Crippen molar-refractivity contribution >= 4 is 17.5 Å². The van der Waals surface area contributed by atoms with Crippen molar-refractivity contribution in [1.82, 2.24) is 15.5 Å². The predicted octanol–water partition coefficient (Wildman–Crippen LogP) is 1.86. The lowest BCUT2D eigenvalue weighted by atomic mass is 10.1. The van der Waals surface area contributed by atoms with Crippen LogP contribution in [0.4, 0.5) is 0 Å². The fourth-order valence-corrected chi connectivity index (χ4v) is 2.28. The Morgan fingerprint density at radius 2 is 2.27 bits per heavy atom. The molecule has 0 fully saturated rings. The Morgan fingerprint density at radius 1 is 1.50 bits per heavy atom. The Kier molecular flexibility index (Phi) is 5.94. The van der Waals surface area contributed by atoms with E-state index in [1.165, 1.54) is 13.3 Å². The lowest BCUT2D eigenvalue weighted by Gasteiger charge is -2.10. The molecule has 7 heteroatoms. The zero-order chi connectivity index (χ0) is 15.9. The van der Waals surface area contributed by atoms with E-state index in [0.717, 1.165) is 0 Å². The van der Waals surface area contributed by atoms with Crippen molar-refractivity contribution in [2.75, 3.05) is 20.3 Å².